The van der Waals surface area contributed by atoms with Gasteiger partial charge in [-0.2, -0.15) is 0 Å². The summed E-state index contributed by atoms with van der Waals surface area (Å²) in [6.45, 7) is 6.09. The fourth-order valence-electron chi connectivity index (χ4n) is 4.51. The number of nitrogens with zero attached hydrogens (tertiary/aromatic N) is 2. The van der Waals surface area contributed by atoms with Crippen LogP contribution in [0.2, 0.25) is 0 Å². The third-order valence-electron chi connectivity index (χ3n) is 6.37. The Morgan fingerprint density at radius 3 is 2.50 bits per heavy atom. The lowest BCUT2D eigenvalue weighted by atomic mass is 9.87. The summed E-state index contributed by atoms with van der Waals surface area (Å²) < 4.78 is 19.4. The van der Waals surface area contributed by atoms with Crippen LogP contribution in [-0.2, 0) is 4.74 Å². The number of carboxylic acids is 1. The van der Waals surface area contributed by atoms with Gasteiger partial charge in [-0.15, -0.1) is 0 Å². The molecule has 1 aromatic heterocycles. The van der Waals surface area contributed by atoms with Crippen LogP contribution in [0.15, 0.2) is 30.3 Å². The van der Waals surface area contributed by atoms with Crippen molar-refractivity contribution >= 4 is 28.9 Å². The highest BCUT2D eigenvalue weighted by Crippen LogP contribution is 2.39. The topological polar surface area (TPSA) is 98.5 Å². The minimum atomic E-state index is -1.14. The molecule has 2 aromatic rings. The van der Waals surface area contributed by atoms with Gasteiger partial charge in [0.25, 0.3) is 0 Å². The number of hydrogen-bond donors (Lipinski definition) is 3. The van der Waals surface area contributed by atoms with Gasteiger partial charge in [0.15, 0.2) is 5.69 Å². The van der Waals surface area contributed by atoms with Crippen LogP contribution >= 0.6 is 0 Å². The van der Waals surface area contributed by atoms with E-state index in [1.165, 1.54) is 12.1 Å². The molecule has 0 saturated carbocycles. The molecule has 2 aliphatic heterocycles. The van der Waals surface area contributed by atoms with Crippen LogP contribution in [-0.4, -0.2) is 47.1 Å². The van der Waals surface area contributed by atoms with Crippen LogP contribution in [0.1, 0.15) is 55.6 Å². The molecule has 1 aromatic carbocycles. The predicted octanol–water partition coefficient (Wildman–Crippen LogP) is 4.84. The third kappa shape index (κ3) is 4.46. The summed E-state index contributed by atoms with van der Waals surface area (Å²) in [6.07, 6.45) is 3.87. The number of carbonyl (C=O) groups is 1. The zero-order valence-electron chi connectivity index (χ0n) is 18.4. The number of aromatic nitrogens is 1. The fraction of sp³-hybridized carbons (Fsp3) is 0.458. The molecule has 0 unspecified atom stereocenters. The fourth-order valence-corrected chi connectivity index (χ4v) is 4.51. The smallest absolute Gasteiger partial charge is 0.354 e. The van der Waals surface area contributed by atoms with Crippen molar-refractivity contribution in [1.29, 1.82) is 5.41 Å². The minimum absolute atomic E-state index is 0.0694. The largest absolute Gasteiger partial charge is 0.477 e. The molecule has 170 valence electrons. The van der Waals surface area contributed by atoms with Gasteiger partial charge in [0.1, 0.15) is 11.6 Å². The van der Waals surface area contributed by atoms with Gasteiger partial charge in [-0.3, -0.25) is 0 Å². The van der Waals surface area contributed by atoms with E-state index in [1.807, 2.05) is 13.8 Å². The van der Waals surface area contributed by atoms with Gasteiger partial charge in [0, 0.05) is 31.1 Å². The quantitative estimate of drug-likeness (QED) is 0.556. The molecular weight excluding hydrogens is 411 g/mol. The van der Waals surface area contributed by atoms with Gasteiger partial charge in [0.2, 0.25) is 0 Å². The average molecular weight is 441 g/mol. The number of piperidine rings is 1. The normalized spacial score (nSPS) is 17.7. The Bertz CT molecular complexity index is 1010. The van der Waals surface area contributed by atoms with Crippen molar-refractivity contribution in [2.75, 3.05) is 29.9 Å². The first kappa shape index (κ1) is 22.2. The van der Waals surface area contributed by atoms with Crippen molar-refractivity contribution in [1.82, 2.24) is 4.98 Å². The maximum atomic E-state index is 13.4. The molecule has 8 heteroatoms. The number of anilines is 3. The second-order valence-corrected chi connectivity index (χ2v) is 8.88. The molecule has 3 heterocycles. The molecule has 4 rings (SSSR count). The minimum Gasteiger partial charge on any atom is -0.477 e. The van der Waals surface area contributed by atoms with Gasteiger partial charge in [0.05, 0.1) is 16.9 Å². The van der Waals surface area contributed by atoms with Crippen LogP contribution < -0.4 is 10.2 Å². The number of pyridine rings is 1. The summed E-state index contributed by atoms with van der Waals surface area (Å²) in [5, 5.41) is 21.6. The summed E-state index contributed by atoms with van der Waals surface area (Å²) in [7, 11) is 0. The lowest BCUT2D eigenvalue weighted by molar-refractivity contribution is -0.0146. The second kappa shape index (κ2) is 8.86. The van der Waals surface area contributed by atoms with E-state index >= 15 is 0 Å². The molecule has 0 atom stereocenters. The van der Waals surface area contributed by atoms with Crippen molar-refractivity contribution in [2.24, 2.45) is 5.92 Å². The molecule has 32 heavy (non-hydrogen) atoms. The highest BCUT2D eigenvalue weighted by atomic mass is 19.1. The first-order valence-electron chi connectivity index (χ1n) is 11.1. The Morgan fingerprint density at radius 2 is 1.94 bits per heavy atom. The highest BCUT2D eigenvalue weighted by molar-refractivity contribution is 6.09. The van der Waals surface area contributed by atoms with E-state index < -0.39 is 5.97 Å². The first-order valence-corrected chi connectivity index (χ1v) is 11.1. The van der Waals surface area contributed by atoms with E-state index in [2.05, 4.69) is 15.2 Å². The van der Waals surface area contributed by atoms with Crippen molar-refractivity contribution in [3.05, 3.63) is 47.4 Å². The van der Waals surface area contributed by atoms with Crippen molar-refractivity contribution in [3.8, 4) is 0 Å². The molecule has 2 aliphatic rings. The number of nitrogens with one attached hydrogen (secondary N) is 2. The average Bonchev–Trinajstić information content (AvgIpc) is 3.22. The lowest BCUT2D eigenvalue weighted by Crippen LogP contribution is -2.44. The molecule has 0 amide bonds. The van der Waals surface area contributed by atoms with E-state index in [4.69, 9.17) is 10.1 Å². The van der Waals surface area contributed by atoms with Crippen molar-refractivity contribution < 1.29 is 19.0 Å². The van der Waals surface area contributed by atoms with E-state index in [1.54, 1.807) is 18.2 Å². The number of carboxylic acid groups (broad SMARTS) is 1. The molecule has 2 fully saturated rings. The van der Waals surface area contributed by atoms with Gasteiger partial charge in [-0.1, -0.05) is 13.8 Å². The zero-order valence-corrected chi connectivity index (χ0v) is 18.4. The summed E-state index contributed by atoms with van der Waals surface area (Å²) in [4.78, 5) is 18.3. The maximum Gasteiger partial charge on any atom is 0.354 e. The Balaban J connectivity index is 1.76. The SMILES string of the molecule is CC(C)C(=N)c1c(N2CCC3(CCCO3)CC2)cc(C(=O)O)nc1Nc1ccc(F)cc1. The van der Waals surface area contributed by atoms with Crippen LogP contribution in [0.25, 0.3) is 0 Å². The third-order valence-corrected chi connectivity index (χ3v) is 6.37. The number of benzene rings is 1. The van der Waals surface area contributed by atoms with Crippen LogP contribution in [0.4, 0.5) is 21.6 Å². The van der Waals surface area contributed by atoms with E-state index in [9.17, 15) is 14.3 Å². The monoisotopic (exact) mass is 440 g/mol. The highest BCUT2D eigenvalue weighted by Gasteiger charge is 2.39. The maximum absolute atomic E-state index is 13.4. The predicted molar refractivity (Wildman–Crippen MR) is 122 cm³/mol. The van der Waals surface area contributed by atoms with Gasteiger partial charge < -0.3 is 25.5 Å². The number of ether oxygens (including phenoxy) is 1. The Hall–Kier alpha value is -3.00. The molecule has 3 N–H and O–H groups in total. The Labute approximate surface area is 187 Å². The van der Waals surface area contributed by atoms with E-state index in [0.29, 0.717) is 28.5 Å². The summed E-state index contributed by atoms with van der Waals surface area (Å²) in [6, 6.07) is 7.34. The lowest BCUT2D eigenvalue weighted by Gasteiger charge is -2.40. The molecule has 1 spiro atoms. The van der Waals surface area contributed by atoms with Crippen molar-refractivity contribution in [3.63, 3.8) is 0 Å². The Kier molecular flexibility index (Phi) is 6.15. The van der Waals surface area contributed by atoms with Gasteiger partial charge in [-0.25, -0.2) is 14.2 Å². The summed E-state index contributed by atoms with van der Waals surface area (Å²) in [5.74, 6) is -1.30. The number of rotatable bonds is 6. The molecule has 0 aliphatic carbocycles. The van der Waals surface area contributed by atoms with Crippen LogP contribution in [0, 0.1) is 17.1 Å². The van der Waals surface area contributed by atoms with E-state index in [-0.39, 0.29) is 23.0 Å². The first-order chi connectivity index (χ1) is 15.3. The molecule has 0 radical (unpaired) electrons. The standard InChI is InChI=1S/C24H29FN4O3/c1-15(2)21(26)20-19(29-11-9-24(10-12-29)8-3-13-32-24)14-18(23(30)31)28-22(20)27-17-6-4-16(25)5-7-17/h4-7,14-15,26H,3,8-13H2,1-2H3,(H,27,28)(H,30,31). The van der Waals surface area contributed by atoms with Crippen LogP contribution in [0.3, 0.4) is 0 Å². The molecule has 7 nitrogen and oxygen atoms in total. The molecule has 0 bridgehead atoms. The number of hydrogen-bond acceptors (Lipinski definition) is 6. The van der Waals surface area contributed by atoms with Gasteiger partial charge in [-0.05, 0) is 61.9 Å². The van der Waals surface area contributed by atoms with Gasteiger partial charge >= 0.3 is 5.97 Å². The summed E-state index contributed by atoms with van der Waals surface area (Å²) in [5.41, 5.74) is 2.04. The Morgan fingerprint density at radius 1 is 1.25 bits per heavy atom. The van der Waals surface area contributed by atoms with Crippen molar-refractivity contribution in [2.45, 2.75) is 45.1 Å². The number of halogens is 1. The van der Waals surface area contributed by atoms with E-state index in [0.717, 1.165) is 45.4 Å². The summed E-state index contributed by atoms with van der Waals surface area (Å²) >= 11 is 0. The number of aromatic carboxylic acids is 1. The second-order valence-electron chi connectivity index (χ2n) is 8.88. The molecular formula is C24H29FN4O3. The van der Waals surface area contributed by atoms with Crippen LogP contribution in [0.5, 0.6) is 0 Å². The zero-order chi connectivity index (χ0) is 22.9. The molecule has 2 saturated heterocycles.